The molecule has 0 spiro atoms. The van der Waals surface area contributed by atoms with Gasteiger partial charge in [-0.25, -0.2) is 4.79 Å². The molecule has 1 aromatic heterocycles. The highest BCUT2D eigenvalue weighted by atomic mass is 35.5. The molecule has 0 fully saturated rings. The number of benzene rings is 2. The lowest BCUT2D eigenvalue weighted by atomic mass is 10.2. The molecule has 1 heterocycles. The van der Waals surface area contributed by atoms with Crippen LogP contribution in [0.1, 0.15) is 39.5 Å². The summed E-state index contributed by atoms with van der Waals surface area (Å²) in [6.45, 7) is 1.77. The first-order chi connectivity index (χ1) is 15.3. The Balaban J connectivity index is 1.59. The molecule has 9 nitrogen and oxygen atoms in total. The van der Waals surface area contributed by atoms with E-state index in [0.29, 0.717) is 27.3 Å². The number of amides is 2. The van der Waals surface area contributed by atoms with E-state index in [9.17, 15) is 14.4 Å². The first-order valence-corrected chi connectivity index (χ1v) is 10.8. The first-order valence-electron chi connectivity index (χ1n) is 9.47. The summed E-state index contributed by atoms with van der Waals surface area (Å²) in [5.74, 6) is -1.16. The van der Waals surface area contributed by atoms with Gasteiger partial charge < -0.3 is 20.3 Å². The lowest BCUT2D eigenvalue weighted by Gasteiger charge is -2.14. The van der Waals surface area contributed by atoms with Gasteiger partial charge in [-0.15, -0.1) is 10.2 Å². The minimum atomic E-state index is -1.07. The lowest BCUT2D eigenvalue weighted by molar-refractivity contribution is -0.113. The van der Waals surface area contributed by atoms with Crippen LogP contribution in [0.15, 0.2) is 53.7 Å². The summed E-state index contributed by atoms with van der Waals surface area (Å²) in [6.07, 6.45) is 0. The third kappa shape index (κ3) is 5.65. The van der Waals surface area contributed by atoms with Crippen LogP contribution >= 0.6 is 23.4 Å². The highest BCUT2D eigenvalue weighted by molar-refractivity contribution is 7.99. The lowest BCUT2D eigenvalue weighted by Crippen LogP contribution is -2.28. The Morgan fingerprint density at radius 1 is 1.16 bits per heavy atom. The van der Waals surface area contributed by atoms with Crippen molar-refractivity contribution in [2.45, 2.75) is 18.1 Å². The van der Waals surface area contributed by atoms with Crippen LogP contribution in [0.3, 0.4) is 0 Å². The maximum absolute atomic E-state index is 12.5. The molecule has 2 amide bonds. The molecule has 0 aliphatic heterocycles. The van der Waals surface area contributed by atoms with Crippen LogP contribution in [0.5, 0.6) is 0 Å². The Morgan fingerprint density at radius 3 is 2.62 bits per heavy atom. The van der Waals surface area contributed by atoms with E-state index in [1.54, 1.807) is 54.9 Å². The number of carbonyl (C=O) groups is 3. The van der Waals surface area contributed by atoms with Crippen LogP contribution in [-0.2, 0) is 11.8 Å². The van der Waals surface area contributed by atoms with E-state index in [1.165, 1.54) is 23.9 Å². The number of halogens is 1. The van der Waals surface area contributed by atoms with E-state index in [0.717, 1.165) is 0 Å². The van der Waals surface area contributed by atoms with Crippen molar-refractivity contribution in [3.8, 4) is 0 Å². The molecule has 3 aromatic rings. The molecule has 2 aromatic carbocycles. The topological polar surface area (TPSA) is 126 Å². The first kappa shape index (κ1) is 23.3. The number of nitrogens with zero attached hydrogens (tertiary/aromatic N) is 3. The number of anilines is 1. The van der Waals surface area contributed by atoms with E-state index in [2.05, 4.69) is 20.8 Å². The summed E-state index contributed by atoms with van der Waals surface area (Å²) in [7, 11) is 1.74. The van der Waals surface area contributed by atoms with Gasteiger partial charge in [-0.05, 0) is 37.3 Å². The fourth-order valence-corrected chi connectivity index (χ4v) is 3.81. The Bertz CT molecular complexity index is 1170. The molecule has 0 saturated heterocycles. The van der Waals surface area contributed by atoms with Crippen molar-refractivity contribution < 1.29 is 19.5 Å². The Kier molecular flexibility index (Phi) is 7.49. The molecule has 1 atom stereocenters. The summed E-state index contributed by atoms with van der Waals surface area (Å²) >= 11 is 7.24. The minimum absolute atomic E-state index is 0.0453. The zero-order chi connectivity index (χ0) is 23.3. The van der Waals surface area contributed by atoms with Crippen LogP contribution in [0, 0.1) is 0 Å². The summed E-state index contributed by atoms with van der Waals surface area (Å²) in [4.78, 5) is 35.8. The fourth-order valence-electron chi connectivity index (χ4n) is 2.87. The molecule has 3 rings (SSSR count). The molecular formula is C21H20ClN5O4S. The Morgan fingerprint density at radius 2 is 1.91 bits per heavy atom. The number of hydrogen-bond acceptors (Lipinski definition) is 6. The number of aromatic carboxylic acids is 1. The fraction of sp³-hybridized carbons (Fsp3) is 0.190. The molecule has 11 heteroatoms. The predicted octanol–water partition coefficient (Wildman–Crippen LogP) is 3.39. The van der Waals surface area contributed by atoms with Crippen molar-refractivity contribution in [3.05, 3.63) is 70.5 Å². The van der Waals surface area contributed by atoms with Gasteiger partial charge in [-0.2, -0.15) is 0 Å². The second-order valence-electron chi connectivity index (χ2n) is 6.80. The van der Waals surface area contributed by atoms with Crippen molar-refractivity contribution in [3.63, 3.8) is 0 Å². The van der Waals surface area contributed by atoms with E-state index in [4.69, 9.17) is 16.7 Å². The van der Waals surface area contributed by atoms with E-state index in [-0.39, 0.29) is 23.1 Å². The Labute approximate surface area is 193 Å². The number of rotatable bonds is 8. The van der Waals surface area contributed by atoms with Gasteiger partial charge in [-0.3, -0.25) is 9.59 Å². The molecular weight excluding hydrogens is 454 g/mol. The number of thioether (sulfide) groups is 1. The summed E-state index contributed by atoms with van der Waals surface area (Å²) in [5, 5.41) is 23.6. The van der Waals surface area contributed by atoms with Crippen molar-refractivity contribution in [2.75, 3.05) is 11.1 Å². The smallest absolute Gasteiger partial charge is 0.335 e. The minimum Gasteiger partial charge on any atom is -0.478 e. The van der Waals surface area contributed by atoms with Gasteiger partial charge in [0, 0.05) is 12.7 Å². The normalized spacial score (nSPS) is 11.6. The zero-order valence-corrected chi connectivity index (χ0v) is 18.8. The van der Waals surface area contributed by atoms with Crippen molar-refractivity contribution in [1.29, 1.82) is 0 Å². The van der Waals surface area contributed by atoms with Crippen LogP contribution in [0.4, 0.5) is 5.69 Å². The Hall–Kier alpha value is -3.37. The van der Waals surface area contributed by atoms with Crippen LogP contribution in [0.2, 0.25) is 5.02 Å². The number of carboxylic acid groups (broad SMARTS) is 1. The van der Waals surface area contributed by atoms with Gasteiger partial charge in [0.05, 0.1) is 27.9 Å². The van der Waals surface area contributed by atoms with E-state index < -0.39 is 12.0 Å². The zero-order valence-electron chi connectivity index (χ0n) is 17.2. The quantitative estimate of drug-likeness (QED) is 0.428. The van der Waals surface area contributed by atoms with Gasteiger partial charge in [0.2, 0.25) is 5.91 Å². The average Bonchev–Trinajstić information content (AvgIpc) is 3.13. The largest absolute Gasteiger partial charge is 0.478 e. The van der Waals surface area contributed by atoms with Gasteiger partial charge in [-0.1, -0.05) is 41.6 Å². The molecule has 32 heavy (non-hydrogen) atoms. The van der Waals surface area contributed by atoms with Crippen LogP contribution in [0.25, 0.3) is 0 Å². The molecule has 0 saturated carbocycles. The van der Waals surface area contributed by atoms with Gasteiger partial charge in [0.25, 0.3) is 5.91 Å². The number of hydrogen-bond donors (Lipinski definition) is 3. The van der Waals surface area contributed by atoms with Gasteiger partial charge in [0.1, 0.15) is 0 Å². The maximum Gasteiger partial charge on any atom is 0.335 e. The number of aromatic nitrogens is 3. The SMILES string of the molecule is CC(NC(=O)c1ccccc1Cl)c1nnc(SCC(=O)Nc2cccc(C(=O)O)c2)n1C. The van der Waals surface area contributed by atoms with Crippen molar-refractivity contribution in [1.82, 2.24) is 20.1 Å². The van der Waals surface area contributed by atoms with Crippen LogP contribution in [-0.4, -0.2) is 43.4 Å². The van der Waals surface area contributed by atoms with E-state index >= 15 is 0 Å². The predicted molar refractivity (Wildman–Crippen MR) is 121 cm³/mol. The number of carbonyl (C=O) groups excluding carboxylic acids is 2. The monoisotopic (exact) mass is 473 g/mol. The second kappa shape index (κ2) is 10.3. The highest BCUT2D eigenvalue weighted by Gasteiger charge is 2.20. The second-order valence-corrected chi connectivity index (χ2v) is 8.15. The molecule has 0 bridgehead atoms. The van der Waals surface area contributed by atoms with Gasteiger partial charge >= 0.3 is 5.97 Å². The summed E-state index contributed by atoms with van der Waals surface area (Å²) in [6, 6.07) is 12.3. The average molecular weight is 474 g/mol. The molecule has 0 radical (unpaired) electrons. The third-order valence-corrected chi connectivity index (χ3v) is 5.80. The van der Waals surface area contributed by atoms with Gasteiger partial charge in [0.15, 0.2) is 11.0 Å². The molecule has 1 unspecified atom stereocenters. The third-order valence-electron chi connectivity index (χ3n) is 4.45. The standard InChI is InChI=1S/C21H20ClN5O4S/c1-12(23-19(29)15-8-3-4-9-16(15)22)18-25-26-21(27(18)2)32-11-17(28)24-14-7-5-6-13(10-14)20(30)31/h3-10,12H,11H2,1-2H3,(H,23,29)(H,24,28)(H,30,31). The summed E-state index contributed by atoms with van der Waals surface area (Å²) < 4.78 is 1.69. The molecule has 166 valence electrons. The molecule has 3 N–H and O–H groups in total. The van der Waals surface area contributed by atoms with E-state index in [1.807, 2.05) is 0 Å². The molecule has 0 aliphatic carbocycles. The number of carboxylic acids is 1. The number of nitrogens with one attached hydrogen (secondary N) is 2. The van der Waals surface area contributed by atoms with Crippen LogP contribution < -0.4 is 10.6 Å². The highest BCUT2D eigenvalue weighted by Crippen LogP contribution is 2.21. The van der Waals surface area contributed by atoms with Crippen molar-refractivity contribution in [2.24, 2.45) is 7.05 Å². The molecule has 0 aliphatic rings. The van der Waals surface area contributed by atoms with Crippen molar-refractivity contribution >= 4 is 46.8 Å². The maximum atomic E-state index is 12.5. The summed E-state index contributed by atoms with van der Waals surface area (Å²) in [5.41, 5.74) is 0.840.